The SMILES string of the molecule is COCCc1ccc(OCC(=O)N2CCNCC2)cc1. The Hall–Kier alpha value is -1.59. The maximum absolute atomic E-state index is 11.9. The zero-order chi connectivity index (χ0) is 14.2. The van der Waals surface area contributed by atoms with Crippen molar-refractivity contribution in [3.05, 3.63) is 29.8 Å². The molecular weight excluding hydrogens is 256 g/mol. The Morgan fingerprint density at radius 1 is 1.25 bits per heavy atom. The van der Waals surface area contributed by atoms with Gasteiger partial charge in [-0.3, -0.25) is 4.79 Å². The van der Waals surface area contributed by atoms with Gasteiger partial charge in [-0.25, -0.2) is 0 Å². The molecule has 0 saturated carbocycles. The Labute approximate surface area is 119 Å². The first-order valence-electron chi connectivity index (χ1n) is 6.99. The summed E-state index contributed by atoms with van der Waals surface area (Å²) in [5.41, 5.74) is 1.20. The molecule has 5 heteroatoms. The lowest BCUT2D eigenvalue weighted by atomic mass is 10.1. The first kappa shape index (κ1) is 14.8. The van der Waals surface area contributed by atoms with Gasteiger partial charge in [0, 0.05) is 33.3 Å². The van der Waals surface area contributed by atoms with Crippen molar-refractivity contribution in [2.45, 2.75) is 6.42 Å². The second-order valence-corrected chi connectivity index (χ2v) is 4.81. The Kier molecular flexibility index (Phi) is 5.83. The average Bonchev–Trinajstić information content (AvgIpc) is 2.52. The van der Waals surface area contributed by atoms with E-state index in [0.717, 1.165) is 38.3 Å². The maximum atomic E-state index is 11.9. The summed E-state index contributed by atoms with van der Waals surface area (Å²) in [4.78, 5) is 13.8. The van der Waals surface area contributed by atoms with Gasteiger partial charge in [0.1, 0.15) is 5.75 Å². The number of benzene rings is 1. The third kappa shape index (κ3) is 4.51. The quantitative estimate of drug-likeness (QED) is 0.831. The van der Waals surface area contributed by atoms with Crippen LogP contribution in [0, 0.1) is 0 Å². The van der Waals surface area contributed by atoms with E-state index >= 15 is 0 Å². The zero-order valence-corrected chi connectivity index (χ0v) is 11.9. The second-order valence-electron chi connectivity index (χ2n) is 4.81. The zero-order valence-electron chi connectivity index (χ0n) is 11.9. The van der Waals surface area contributed by atoms with E-state index in [4.69, 9.17) is 9.47 Å². The van der Waals surface area contributed by atoms with Crippen molar-refractivity contribution < 1.29 is 14.3 Å². The molecule has 1 N–H and O–H groups in total. The van der Waals surface area contributed by atoms with Crippen LogP contribution >= 0.6 is 0 Å². The summed E-state index contributed by atoms with van der Waals surface area (Å²) >= 11 is 0. The van der Waals surface area contributed by atoms with Gasteiger partial charge in [-0.15, -0.1) is 0 Å². The van der Waals surface area contributed by atoms with Crippen LogP contribution in [0.2, 0.25) is 0 Å². The summed E-state index contributed by atoms with van der Waals surface area (Å²) in [7, 11) is 1.69. The number of hydrogen-bond donors (Lipinski definition) is 1. The number of rotatable bonds is 6. The summed E-state index contributed by atoms with van der Waals surface area (Å²) in [5, 5.41) is 3.22. The molecule has 1 fully saturated rings. The number of ether oxygens (including phenoxy) is 2. The van der Waals surface area contributed by atoms with Gasteiger partial charge >= 0.3 is 0 Å². The van der Waals surface area contributed by atoms with E-state index in [0.29, 0.717) is 6.61 Å². The fourth-order valence-corrected chi connectivity index (χ4v) is 2.12. The molecule has 0 spiro atoms. The fraction of sp³-hybridized carbons (Fsp3) is 0.533. The molecule has 1 aliphatic rings. The molecule has 1 saturated heterocycles. The summed E-state index contributed by atoms with van der Waals surface area (Å²) in [5.74, 6) is 0.782. The van der Waals surface area contributed by atoms with Gasteiger partial charge in [-0.1, -0.05) is 12.1 Å². The molecule has 20 heavy (non-hydrogen) atoms. The third-order valence-electron chi connectivity index (χ3n) is 3.35. The van der Waals surface area contributed by atoms with Gasteiger partial charge in [0.2, 0.25) is 0 Å². The maximum Gasteiger partial charge on any atom is 0.260 e. The van der Waals surface area contributed by atoms with Gasteiger partial charge in [0.25, 0.3) is 5.91 Å². The van der Waals surface area contributed by atoms with E-state index in [-0.39, 0.29) is 12.5 Å². The number of hydrogen-bond acceptors (Lipinski definition) is 4. The van der Waals surface area contributed by atoms with Crippen LogP contribution in [0.4, 0.5) is 0 Å². The summed E-state index contributed by atoms with van der Waals surface area (Å²) < 4.78 is 10.6. The highest BCUT2D eigenvalue weighted by molar-refractivity contribution is 5.77. The van der Waals surface area contributed by atoms with Gasteiger partial charge in [-0.2, -0.15) is 0 Å². The molecule has 1 aliphatic heterocycles. The van der Waals surface area contributed by atoms with E-state index in [2.05, 4.69) is 5.32 Å². The van der Waals surface area contributed by atoms with E-state index in [1.165, 1.54) is 5.56 Å². The van der Waals surface area contributed by atoms with Crippen LogP contribution in [0.1, 0.15) is 5.56 Å². The van der Waals surface area contributed by atoms with Gasteiger partial charge in [0.05, 0.1) is 6.61 Å². The number of methoxy groups -OCH3 is 1. The van der Waals surface area contributed by atoms with E-state index in [1.54, 1.807) is 7.11 Å². The van der Waals surface area contributed by atoms with Crippen LogP contribution in [-0.2, 0) is 16.0 Å². The van der Waals surface area contributed by atoms with Crippen LogP contribution in [0.25, 0.3) is 0 Å². The monoisotopic (exact) mass is 278 g/mol. The van der Waals surface area contributed by atoms with Crippen molar-refractivity contribution in [2.24, 2.45) is 0 Å². The van der Waals surface area contributed by atoms with Crippen LogP contribution in [-0.4, -0.2) is 57.3 Å². The summed E-state index contributed by atoms with van der Waals surface area (Å²) in [6, 6.07) is 7.80. The average molecular weight is 278 g/mol. The molecule has 1 heterocycles. The molecule has 0 aromatic heterocycles. The summed E-state index contributed by atoms with van der Waals surface area (Å²) in [6.45, 7) is 4.06. The number of carbonyl (C=O) groups excluding carboxylic acids is 1. The largest absolute Gasteiger partial charge is 0.484 e. The minimum atomic E-state index is 0.0509. The molecule has 5 nitrogen and oxygen atoms in total. The molecule has 1 aromatic carbocycles. The normalized spacial score (nSPS) is 15.2. The first-order valence-corrected chi connectivity index (χ1v) is 6.99. The highest BCUT2D eigenvalue weighted by atomic mass is 16.5. The van der Waals surface area contributed by atoms with Crippen molar-refractivity contribution in [3.8, 4) is 5.75 Å². The lowest BCUT2D eigenvalue weighted by Crippen LogP contribution is -2.47. The Morgan fingerprint density at radius 3 is 2.60 bits per heavy atom. The highest BCUT2D eigenvalue weighted by Crippen LogP contribution is 2.13. The number of amides is 1. The van der Waals surface area contributed by atoms with Crippen LogP contribution < -0.4 is 10.1 Å². The minimum Gasteiger partial charge on any atom is -0.484 e. The molecule has 0 aliphatic carbocycles. The summed E-state index contributed by atoms with van der Waals surface area (Å²) in [6.07, 6.45) is 0.885. The third-order valence-corrected chi connectivity index (χ3v) is 3.35. The number of piperazine rings is 1. The molecule has 1 amide bonds. The molecule has 0 atom stereocenters. The van der Waals surface area contributed by atoms with Crippen molar-refractivity contribution in [2.75, 3.05) is 46.5 Å². The molecule has 0 radical (unpaired) electrons. The van der Waals surface area contributed by atoms with Gasteiger partial charge in [0.15, 0.2) is 6.61 Å². The van der Waals surface area contributed by atoms with Crippen LogP contribution in [0.3, 0.4) is 0 Å². The topological polar surface area (TPSA) is 50.8 Å². The fourth-order valence-electron chi connectivity index (χ4n) is 2.12. The lowest BCUT2D eigenvalue weighted by molar-refractivity contribution is -0.133. The molecule has 110 valence electrons. The predicted octanol–water partition coefficient (Wildman–Crippen LogP) is 0.686. The van der Waals surface area contributed by atoms with Crippen molar-refractivity contribution >= 4 is 5.91 Å². The minimum absolute atomic E-state index is 0.0509. The Bertz CT molecular complexity index is 414. The standard InChI is InChI=1S/C15H22N2O3/c1-19-11-6-13-2-4-14(5-3-13)20-12-15(18)17-9-7-16-8-10-17/h2-5,16H,6-12H2,1H3. The van der Waals surface area contributed by atoms with E-state index in [1.807, 2.05) is 29.2 Å². The van der Waals surface area contributed by atoms with Crippen molar-refractivity contribution in [3.63, 3.8) is 0 Å². The smallest absolute Gasteiger partial charge is 0.260 e. The Morgan fingerprint density at radius 2 is 1.95 bits per heavy atom. The van der Waals surface area contributed by atoms with E-state index < -0.39 is 0 Å². The molecular formula is C15H22N2O3. The molecule has 1 aromatic rings. The van der Waals surface area contributed by atoms with Crippen LogP contribution in [0.15, 0.2) is 24.3 Å². The van der Waals surface area contributed by atoms with Gasteiger partial charge < -0.3 is 19.7 Å². The van der Waals surface area contributed by atoms with Crippen LogP contribution in [0.5, 0.6) is 5.75 Å². The second kappa shape index (κ2) is 7.87. The Balaban J connectivity index is 1.76. The number of nitrogens with one attached hydrogen (secondary N) is 1. The molecule has 2 rings (SSSR count). The number of carbonyl (C=O) groups is 1. The highest BCUT2D eigenvalue weighted by Gasteiger charge is 2.16. The van der Waals surface area contributed by atoms with Crippen molar-refractivity contribution in [1.29, 1.82) is 0 Å². The van der Waals surface area contributed by atoms with Crippen molar-refractivity contribution in [1.82, 2.24) is 10.2 Å². The predicted molar refractivity (Wildman–Crippen MR) is 77.0 cm³/mol. The molecule has 0 unspecified atom stereocenters. The molecule has 0 bridgehead atoms. The first-order chi connectivity index (χ1) is 9.79. The number of nitrogens with zero attached hydrogens (tertiary/aromatic N) is 1. The lowest BCUT2D eigenvalue weighted by Gasteiger charge is -2.27. The van der Waals surface area contributed by atoms with E-state index in [9.17, 15) is 4.79 Å². The van der Waals surface area contributed by atoms with Gasteiger partial charge in [-0.05, 0) is 24.1 Å².